The highest BCUT2D eigenvalue weighted by atomic mass is 14.4. The highest BCUT2D eigenvalue weighted by molar-refractivity contribution is 5.98. The van der Waals surface area contributed by atoms with E-state index in [2.05, 4.69) is 25.2 Å². The number of hydrogen-bond donors (Lipinski definition) is 1. The van der Waals surface area contributed by atoms with Crippen LogP contribution in [-0.2, 0) is 0 Å². The Morgan fingerprint density at radius 3 is 3.00 bits per heavy atom. The van der Waals surface area contributed by atoms with Crippen molar-refractivity contribution in [2.45, 2.75) is 26.7 Å². The van der Waals surface area contributed by atoms with E-state index in [1.54, 1.807) is 0 Å². The molecule has 11 heavy (non-hydrogen) atoms. The predicted molar refractivity (Wildman–Crippen MR) is 49.0 cm³/mol. The summed E-state index contributed by atoms with van der Waals surface area (Å²) in [6, 6.07) is 0. The molecule has 0 radical (unpaired) electrons. The Kier molecular flexibility index (Phi) is 2.64. The van der Waals surface area contributed by atoms with Crippen LogP contribution in [0.3, 0.4) is 0 Å². The van der Waals surface area contributed by atoms with Crippen molar-refractivity contribution in [3.8, 4) is 0 Å². The average Bonchev–Trinajstić information content (AvgIpc) is 2.04. The molecular formula is C10H15N. The molecule has 60 valence electrons. The predicted octanol–water partition coefficient (Wildman–Crippen LogP) is 2.94. The van der Waals surface area contributed by atoms with E-state index < -0.39 is 0 Å². The summed E-state index contributed by atoms with van der Waals surface area (Å²) >= 11 is 0. The molecule has 0 bridgehead atoms. The molecule has 0 fully saturated rings. The quantitative estimate of drug-likeness (QED) is 0.584. The van der Waals surface area contributed by atoms with E-state index >= 15 is 0 Å². The van der Waals surface area contributed by atoms with Gasteiger partial charge in [0.15, 0.2) is 0 Å². The molecule has 1 atom stereocenters. The third-order valence-electron chi connectivity index (χ3n) is 2.13. The summed E-state index contributed by atoms with van der Waals surface area (Å²) < 4.78 is 0. The van der Waals surface area contributed by atoms with Crippen LogP contribution < -0.4 is 0 Å². The van der Waals surface area contributed by atoms with Gasteiger partial charge in [-0.2, -0.15) is 0 Å². The monoisotopic (exact) mass is 149 g/mol. The number of hydrogen-bond acceptors (Lipinski definition) is 1. The van der Waals surface area contributed by atoms with Crippen molar-refractivity contribution in [3.63, 3.8) is 0 Å². The van der Waals surface area contributed by atoms with Crippen LogP contribution in [0.4, 0.5) is 0 Å². The van der Waals surface area contributed by atoms with Crippen molar-refractivity contribution in [2.24, 2.45) is 5.92 Å². The standard InChI is InChI=1S/C10H15N/c1-3-10(11)9-7-5-4-6-8(9)2/h4-5,7-8,11H,3,6H2,1-2H3. The van der Waals surface area contributed by atoms with Crippen LogP contribution >= 0.6 is 0 Å². The number of rotatable bonds is 2. The van der Waals surface area contributed by atoms with E-state index in [4.69, 9.17) is 5.41 Å². The molecule has 0 aromatic heterocycles. The molecule has 0 heterocycles. The van der Waals surface area contributed by atoms with Crippen molar-refractivity contribution in [2.75, 3.05) is 0 Å². The topological polar surface area (TPSA) is 23.9 Å². The molecular weight excluding hydrogens is 134 g/mol. The summed E-state index contributed by atoms with van der Waals surface area (Å²) in [5.41, 5.74) is 2.01. The first-order chi connectivity index (χ1) is 5.25. The van der Waals surface area contributed by atoms with Gasteiger partial charge in [-0.05, 0) is 24.3 Å². The highest BCUT2D eigenvalue weighted by Gasteiger charge is 2.12. The second-order valence-electron chi connectivity index (χ2n) is 3.02. The fraction of sp³-hybridized carbons (Fsp3) is 0.500. The van der Waals surface area contributed by atoms with Crippen molar-refractivity contribution in [1.82, 2.24) is 0 Å². The fourth-order valence-electron chi connectivity index (χ4n) is 1.35. The van der Waals surface area contributed by atoms with Crippen LogP contribution in [-0.4, -0.2) is 5.71 Å². The van der Waals surface area contributed by atoms with Crippen LogP contribution in [0.5, 0.6) is 0 Å². The molecule has 0 aliphatic heterocycles. The van der Waals surface area contributed by atoms with Gasteiger partial charge < -0.3 is 5.41 Å². The molecule has 1 nitrogen and oxygen atoms in total. The van der Waals surface area contributed by atoms with Gasteiger partial charge in [-0.15, -0.1) is 0 Å². The molecule has 1 unspecified atom stereocenters. The first-order valence-electron chi connectivity index (χ1n) is 4.20. The first-order valence-corrected chi connectivity index (χ1v) is 4.20. The van der Waals surface area contributed by atoms with Crippen molar-refractivity contribution in [3.05, 3.63) is 23.8 Å². The van der Waals surface area contributed by atoms with Gasteiger partial charge in [0.2, 0.25) is 0 Å². The Labute approximate surface area is 68.3 Å². The highest BCUT2D eigenvalue weighted by Crippen LogP contribution is 2.21. The normalized spacial score (nSPS) is 23.1. The third kappa shape index (κ3) is 1.79. The number of allylic oxidation sites excluding steroid dienone is 4. The van der Waals surface area contributed by atoms with Crippen molar-refractivity contribution >= 4 is 5.71 Å². The Balaban J connectivity index is 2.75. The lowest BCUT2D eigenvalue weighted by Crippen LogP contribution is -2.10. The molecule has 0 saturated carbocycles. The minimum atomic E-state index is 0.549. The SMILES string of the molecule is CCC(=N)C1=CC=CCC1C. The van der Waals surface area contributed by atoms with Gasteiger partial charge >= 0.3 is 0 Å². The largest absolute Gasteiger partial charge is 0.305 e. The summed E-state index contributed by atoms with van der Waals surface area (Å²) in [5, 5.41) is 7.66. The molecule has 1 heteroatoms. The Bertz CT molecular complexity index is 211. The Hall–Kier alpha value is -0.850. The van der Waals surface area contributed by atoms with Crippen LogP contribution in [0.1, 0.15) is 26.7 Å². The molecule has 0 spiro atoms. The maximum Gasteiger partial charge on any atom is 0.0345 e. The average molecular weight is 149 g/mol. The van der Waals surface area contributed by atoms with E-state index in [-0.39, 0.29) is 0 Å². The molecule has 0 saturated heterocycles. The molecule has 0 aromatic rings. The smallest absolute Gasteiger partial charge is 0.0345 e. The zero-order valence-electron chi connectivity index (χ0n) is 7.22. The van der Waals surface area contributed by atoms with Crippen LogP contribution in [0.2, 0.25) is 0 Å². The molecule has 1 N–H and O–H groups in total. The van der Waals surface area contributed by atoms with Gasteiger partial charge in [-0.3, -0.25) is 0 Å². The van der Waals surface area contributed by atoms with Gasteiger partial charge in [0.25, 0.3) is 0 Å². The zero-order chi connectivity index (χ0) is 8.27. The van der Waals surface area contributed by atoms with Gasteiger partial charge in [0.05, 0.1) is 0 Å². The molecule has 1 aliphatic carbocycles. The second kappa shape index (κ2) is 3.51. The maximum atomic E-state index is 7.66. The lowest BCUT2D eigenvalue weighted by Gasteiger charge is -2.16. The molecule has 0 amide bonds. The number of nitrogens with one attached hydrogen (secondary N) is 1. The third-order valence-corrected chi connectivity index (χ3v) is 2.13. The lowest BCUT2D eigenvalue weighted by molar-refractivity contribution is 0.709. The summed E-state index contributed by atoms with van der Waals surface area (Å²) in [6.45, 7) is 4.22. The van der Waals surface area contributed by atoms with E-state index in [9.17, 15) is 0 Å². The van der Waals surface area contributed by atoms with E-state index in [0.717, 1.165) is 18.6 Å². The summed E-state index contributed by atoms with van der Waals surface area (Å²) in [7, 11) is 0. The van der Waals surface area contributed by atoms with Crippen molar-refractivity contribution in [1.29, 1.82) is 5.41 Å². The zero-order valence-corrected chi connectivity index (χ0v) is 7.22. The molecule has 1 rings (SSSR count). The minimum absolute atomic E-state index is 0.549. The fourth-order valence-corrected chi connectivity index (χ4v) is 1.35. The Morgan fingerprint density at radius 2 is 2.45 bits per heavy atom. The van der Waals surface area contributed by atoms with E-state index in [1.165, 1.54) is 5.57 Å². The van der Waals surface area contributed by atoms with Crippen LogP contribution in [0.25, 0.3) is 0 Å². The summed E-state index contributed by atoms with van der Waals surface area (Å²) in [4.78, 5) is 0. The first kappa shape index (κ1) is 8.25. The van der Waals surface area contributed by atoms with Gasteiger partial charge in [0, 0.05) is 5.71 Å². The lowest BCUT2D eigenvalue weighted by atomic mass is 9.89. The van der Waals surface area contributed by atoms with Crippen molar-refractivity contribution < 1.29 is 0 Å². The Morgan fingerprint density at radius 1 is 1.73 bits per heavy atom. The molecule has 0 aromatic carbocycles. The van der Waals surface area contributed by atoms with Crippen LogP contribution in [0, 0.1) is 11.3 Å². The van der Waals surface area contributed by atoms with E-state index in [1.807, 2.05) is 6.92 Å². The maximum absolute atomic E-state index is 7.66. The summed E-state index contributed by atoms with van der Waals surface area (Å²) in [5.74, 6) is 0.549. The van der Waals surface area contributed by atoms with Gasteiger partial charge in [-0.1, -0.05) is 32.1 Å². The van der Waals surface area contributed by atoms with Gasteiger partial charge in [-0.25, -0.2) is 0 Å². The second-order valence-corrected chi connectivity index (χ2v) is 3.02. The molecule has 1 aliphatic rings. The minimum Gasteiger partial charge on any atom is -0.305 e. The van der Waals surface area contributed by atoms with E-state index in [0.29, 0.717) is 5.92 Å². The summed E-state index contributed by atoms with van der Waals surface area (Å²) in [6.07, 6.45) is 8.23. The van der Waals surface area contributed by atoms with Crippen LogP contribution in [0.15, 0.2) is 23.8 Å². The van der Waals surface area contributed by atoms with Gasteiger partial charge in [0.1, 0.15) is 0 Å².